The number of ether oxygens (including phenoxy) is 1. The molecule has 2 nitrogen and oxygen atoms in total. The summed E-state index contributed by atoms with van der Waals surface area (Å²) in [5.41, 5.74) is 0. The molecular formula is C6H8BrNOS. The highest BCUT2D eigenvalue weighted by molar-refractivity contribution is 9.10. The zero-order valence-corrected chi connectivity index (χ0v) is 8.04. The Hall–Kier alpha value is 0.0700. The Balaban J connectivity index is 2.42. The van der Waals surface area contributed by atoms with Crippen LogP contribution in [0.3, 0.4) is 0 Å². The number of hydrogen-bond acceptors (Lipinski definition) is 3. The Kier molecular flexibility index (Phi) is 3.31. The van der Waals surface area contributed by atoms with Crippen molar-refractivity contribution in [2.24, 2.45) is 0 Å². The number of nitrogens with zero attached hydrogens (tertiary/aromatic N) is 1. The van der Waals surface area contributed by atoms with Gasteiger partial charge in [-0.2, -0.15) is 0 Å². The van der Waals surface area contributed by atoms with E-state index >= 15 is 0 Å². The average Bonchev–Trinajstić information content (AvgIpc) is 2.31. The van der Waals surface area contributed by atoms with E-state index in [0.29, 0.717) is 0 Å². The fourth-order valence-electron chi connectivity index (χ4n) is 0.593. The molecule has 0 atom stereocenters. The number of methoxy groups -OCH3 is 1. The summed E-state index contributed by atoms with van der Waals surface area (Å²) in [7, 11) is 1.70. The lowest BCUT2D eigenvalue weighted by atomic mass is 10.5. The van der Waals surface area contributed by atoms with Gasteiger partial charge in [-0.15, -0.1) is 11.3 Å². The first-order valence-electron chi connectivity index (χ1n) is 2.92. The third kappa shape index (κ3) is 2.36. The van der Waals surface area contributed by atoms with Gasteiger partial charge in [-0.05, 0) is 15.9 Å². The van der Waals surface area contributed by atoms with E-state index in [-0.39, 0.29) is 0 Å². The van der Waals surface area contributed by atoms with Crippen molar-refractivity contribution in [2.75, 3.05) is 13.7 Å². The van der Waals surface area contributed by atoms with Crippen LogP contribution in [0.4, 0.5) is 0 Å². The van der Waals surface area contributed by atoms with Crippen LogP contribution in [-0.2, 0) is 11.2 Å². The fourth-order valence-corrected chi connectivity index (χ4v) is 1.84. The number of rotatable bonds is 3. The highest BCUT2D eigenvalue weighted by Crippen LogP contribution is 2.14. The summed E-state index contributed by atoms with van der Waals surface area (Å²) in [5.74, 6) is 0. The zero-order chi connectivity index (χ0) is 7.40. The van der Waals surface area contributed by atoms with Crippen molar-refractivity contribution in [3.63, 3.8) is 0 Å². The van der Waals surface area contributed by atoms with E-state index in [0.717, 1.165) is 22.6 Å². The van der Waals surface area contributed by atoms with Gasteiger partial charge in [0.2, 0.25) is 0 Å². The van der Waals surface area contributed by atoms with Gasteiger partial charge < -0.3 is 4.74 Å². The summed E-state index contributed by atoms with van der Waals surface area (Å²) in [6.45, 7) is 0.750. The highest BCUT2D eigenvalue weighted by Gasteiger charge is 1.97. The van der Waals surface area contributed by atoms with Crippen molar-refractivity contribution in [3.05, 3.63) is 15.0 Å². The molecule has 0 amide bonds. The lowest BCUT2D eigenvalue weighted by Gasteiger charge is -1.91. The first-order valence-corrected chi connectivity index (χ1v) is 4.59. The van der Waals surface area contributed by atoms with Crippen LogP contribution >= 0.6 is 27.3 Å². The summed E-state index contributed by atoms with van der Waals surface area (Å²) >= 11 is 4.93. The molecule has 0 aromatic carbocycles. The van der Waals surface area contributed by atoms with Gasteiger partial charge >= 0.3 is 0 Å². The van der Waals surface area contributed by atoms with Gasteiger partial charge in [-0.3, -0.25) is 0 Å². The SMILES string of the molecule is COCCc1nc(Br)cs1. The summed E-state index contributed by atoms with van der Waals surface area (Å²) < 4.78 is 5.83. The maximum Gasteiger partial charge on any atom is 0.117 e. The topological polar surface area (TPSA) is 22.1 Å². The van der Waals surface area contributed by atoms with Gasteiger partial charge in [0.25, 0.3) is 0 Å². The van der Waals surface area contributed by atoms with Gasteiger partial charge in [-0.25, -0.2) is 4.98 Å². The molecule has 0 N–H and O–H groups in total. The van der Waals surface area contributed by atoms with Crippen LogP contribution in [0.5, 0.6) is 0 Å². The molecule has 0 saturated carbocycles. The molecule has 10 heavy (non-hydrogen) atoms. The molecule has 1 rings (SSSR count). The number of aromatic nitrogens is 1. The molecule has 0 saturated heterocycles. The van der Waals surface area contributed by atoms with E-state index in [4.69, 9.17) is 4.74 Å². The third-order valence-corrected chi connectivity index (χ3v) is 2.66. The van der Waals surface area contributed by atoms with Gasteiger partial charge in [0.15, 0.2) is 0 Å². The second kappa shape index (κ2) is 4.05. The van der Waals surface area contributed by atoms with Gasteiger partial charge in [0, 0.05) is 18.9 Å². The number of thiazole rings is 1. The largest absolute Gasteiger partial charge is 0.384 e. The molecule has 1 aromatic rings. The average molecular weight is 222 g/mol. The maximum absolute atomic E-state index is 4.91. The molecule has 0 fully saturated rings. The molecule has 0 aliphatic rings. The number of halogens is 1. The smallest absolute Gasteiger partial charge is 0.117 e. The minimum absolute atomic E-state index is 0.750. The molecular weight excluding hydrogens is 214 g/mol. The molecule has 0 spiro atoms. The van der Waals surface area contributed by atoms with Crippen molar-refractivity contribution < 1.29 is 4.74 Å². The predicted molar refractivity (Wildman–Crippen MR) is 45.4 cm³/mol. The first kappa shape index (κ1) is 8.17. The van der Waals surface area contributed by atoms with E-state index in [1.807, 2.05) is 5.38 Å². The Morgan fingerprint density at radius 2 is 2.60 bits per heavy atom. The molecule has 4 heteroatoms. The van der Waals surface area contributed by atoms with E-state index in [9.17, 15) is 0 Å². The van der Waals surface area contributed by atoms with Crippen molar-refractivity contribution in [2.45, 2.75) is 6.42 Å². The van der Waals surface area contributed by atoms with Gasteiger partial charge in [0.05, 0.1) is 11.6 Å². The normalized spacial score (nSPS) is 10.2. The van der Waals surface area contributed by atoms with Crippen molar-refractivity contribution in [1.29, 1.82) is 0 Å². The Bertz CT molecular complexity index is 201. The molecule has 0 bridgehead atoms. The third-order valence-electron chi connectivity index (χ3n) is 1.04. The van der Waals surface area contributed by atoms with E-state index in [1.165, 1.54) is 0 Å². The van der Waals surface area contributed by atoms with E-state index in [2.05, 4.69) is 20.9 Å². The Morgan fingerprint density at radius 1 is 1.80 bits per heavy atom. The standard InChI is InChI=1S/C6H8BrNOS/c1-9-3-2-6-8-5(7)4-10-6/h4H,2-3H2,1H3. The van der Waals surface area contributed by atoms with Crippen LogP contribution in [0.1, 0.15) is 5.01 Å². The zero-order valence-electron chi connectivity index (χ0n) is 5.63. The van der Waals surface area contributed by atoms with E-state index in [1.54, 1.807) is 18.4 Å². The van der Waals surface area contributed by atoms with Gasteiger partial charge in [0.1, 0.15) is 4.60 Å². The minimum Gasteiger partial charge on any atom is -0.384 e. The van der Waals surface area contributed by atoms with Crippen LogP contribution in [-0.4, -0.2) is 18.7 Å². The molecule has 56 valence electrons. The van der Waals surface area contributed by atoms with Crippen molar-refractivity contribution >= 4 is 27.3 Å². The molecule has 0 aliphatic heterocycles. The summed E-state index contributed by atoms with van der Waals surface area (Å²) in [6, 6.07) is 0. The molecule has 0 unspecified atom stereocenters. The van der Waals surface area contributed by atoms with Gasteiger partial charge in [-0.1, -0.05) is 0 Å². The second-order valence-electron chi connectivity index (χ2n) is 1.81. The Labute approximate surface area is 72.4 Å². The minimum atomic E-state index is 0.750. The lowest BCUT2D eigenvalue weighted by molar-refractivity contribution is 0.202. The molecule has 0 aliphatic carbocycles. The summed E-state index contributed by atoms with van der Waals surface area (Å²) in [6.07, 6.45) is 0.909. The van der Waals surface area contributed by atoms with Crippen LogP contribution in [0.2, 0.25) is 0 Å². The monoisotopic (exact) mass is 221 g/mol. The van der Waals surface area contributed by atoms with Crippen LogP contribution in [0.25, 0.3) is 0 Å². The predicted octanol–water partition coefficient (Wildman–Crippen LogP) is 2.09. The Morgan fingerprint density at radius 3 is 3.10 bits per heavy atom. The number of hydrogen-bond donors (Lipinski definition) is 0. The molecule has 1 aromatic heterocycles. The first-order chi connectivity index (χ1) is 4.83. The van der Waals surface area contributed by atoms with Crippen LogP contribution in [0.15, 0.2) is 9.98 Å². The van der Waals surface area contributed by atoms with E-state index < -0.39 is 0 Å². The fraction of sp³-hybridized carbons (Fsp3) is 0.500. The second-order valence-corrected chi connectivity index (χ2v) is 3.56. The van der Waals surface area contributed by atoms with Crippen LogP contribution < -0.4 is 0 Å². The summed E-state index contributed by atoms with van der Waals surface area (Å²) in [4.78, 5) is 4.20. The van der Waals surface area contributed by atoms with Crippen molar-refractivity contribution in [3.8, 4) is 0 Å². The maximum atomic E-state index is 4.91. The van der Waals surface area contributed by atoms with Crippen LogP contribution in [0, 0.1) is 0 Å². The highest BCUT2D eigenvalue weighted by atomic mass is 79.9. The quantitative estimate of drug-likeness (QED) is 0.781. The van der Waals surface area contributed by atoms with Crippen molar-refractivity contribution in [1.82, 2.24) is 4.98 Å². The summed E-state index contributed by atoms with van der Waals surface area (Å²) in [5, 5.41) is 3.10. The molecule has 0 radical (unpaired) electrons. The lowest BCUT2D eigenvalue weighted by Crippen LogP contribution is -1.92. The molecule has 1 heterocycles.